The Labute approximate surface area is 230 Å². The van der Waals surface area contributed by atoms with Gasteiger partial charge in [-0.05, 0) is 31.9 Å². The highest BCUT2D eigenvalue weighted by atomic mass is 35.5. The monoisotopic (exact) mass is 581 g/mol. The van der Waals surface area contributed by atoms with Crippen LogP contribution in [-0.4, -0.2) is 57.7 Å². The van der Waals surface area contributed by atoms with Gasteiger partial charge < -0.3 is 14.4 Å². The molecule has 9 nitrogen and oxygen atoms in total. The van der Waals surface area contributed by atoms with Gasteiger partial charge in [0.15, 0.2) is 10.7 Å². The number of pyridine rings is 2. The first-order valence-electron chi connectivity index (χ1n) is 11.8. The van der Waals surface area contributed by atoms with Gasteiger partial charge in [-0.1, -0.05) is 22.9 Å². The number of rotatable bonds is 6. The average Bonchev–Trinajstić information content (AvgIpc) is 3.41. The molecule has 0 radical (unpaired) electrons. The van der Waals surface area contributed by atoms with E-state index in [0.29, 0.717) is 33.4 Å². The fourth-order valence-electron chi connectivity index (χ4n) is 4.85. The molecule has 0 atom stereocenters. The number of hydrogen-bond acceptors (Lipinski definition) is 8. The van der Waals surface area contributed by atoms with Crippen molar-refractivity contribution < 1.29 is 32.2 Å². The Morgan fingerprint density at radius 1 is 1.15 bits per heavy atom. The Kier molecular flexibility index (Phi) is 7.02. The molecule has 39 heavy (non-hydrogen) atoms. The number of halogens is 4. The summed E-state index contributed by atoms with van der Waals surface area (Å²) in [4.78, 5) is 41.1. The minimum Gasteiger partial charge on any atom is -0.494 e. The van der Waals surface area contributed by atoms with Gasteiger partial charge in [0.1, 0.15) is 10.9 Å². The number of amides is 2. The zero-order chi connectivity index (χ0) is 28.1. The number of carbonyl (C=O) groups excluding carboxylic acids is 2. The van der Waals surface area contributed by atoms with E-state index in [1.165, 1.54) is 35.7 Å². The molecule has 1 fully saturated rings. The van der Waals surface area contributed by atoms with Crippen LogP contribution in [0.4, 0.5) is 18.3 Å². The van der Waals surface area contributed by atoms with Gasteiger partial charge in [0.05, 0.1) is 42.5 Å². The van der Waals surface area contributed by atoms with Crippen LogP contribution in [-0.2, 0) is 22.6 Å². The summed E-state index contributed by atoms with van der Waals surface area (Å²) in [6.07, 6.45) is -2.40. The number of hydrogen-bond donors (Lipinski definition) is 1. The molecule has 2 amide bonds. The van der Waals surface area contributed by atoms with Crippen molar-refractivity contribution in [3.63, 3.8) is 0 Å². The van der Waals surface area contributed by atoms with Gasteiger partial charge in [0.25, 0.3) is 5.91 Å². The molecule has 3 aromatic rings. The summed E-state index contributed by atoms with van der Waals surface area (Å²) >= 11 is 7.31. The van der Waals surface area contributed by atoms with E-state index >= 15 is 0 Å². The molecule has 1 aliphatic carbocycles. The number of anilines is 1. The van der Waals surface area contributed by atoms with Crippen LogP contribution >= 0.6 is 22.9 Å². The van der Waals surface area contributed by atoms with Crippen molar-refractivity contribution in [3.05, 3.63) is 51.5 Å². The maximum Gasteiger partial charge on any atom is 0.417 e. The Bertz CT molecular complexity index is 1430. The zero-order valence-electron chi connectivity index (χ0n) is 21.1. The van der Waals surface area contributed by atoms with Crippen molar-refractivity contribution in [2.24, 2.45) is 5.92 Å². The van der Waals surface area contributed by atoms with Gasteiger partial charge in [-0.2, -0.15) is 13.2 Å². The van der Waals surface area contributed by atoms with E-state index in [4.69, 9.17) is 21.1 Å². The van der Waals surface area contributed by atoms with E-state index in [-0.39, 0.29) is 29.7 Å². The fraction of sp³-hybridized carbons (Fsp3) is 0.400. The molecule has 0 spiro atoms. The van der Waals surface area contributed by atoms with E-state index in [1.807, 2.05) is 0 Å². The average molecular weight is 582 g/mol. The largest absolute Gasteiger partial charge is 0.494 e. The Morgan fingerprint density at radius 2 is 1.90 bits per heavy atom. The molecule has 0 aromatic carbocycles. The quantitative estimate of drug-likeness (QED) is 0.407. The molecule has 206 valence electrons. The highest BCUT2D eigenvalue weighted by molar-refractivity contribution is 7.16. The lowest BCUT2D eigenvalue weighted by Crippen LogP contribution is -2.59. The van der Waals surface area contributed by atoms with Crippen LogP contribution < -0.4 is 10.1 Å². The van der Waals surface area contributed by atoms with Crippen LogP contribution in [0.1, 0.15) is 39.5 Å². The topological polar surface area (TPSA) is 107 Å². The summed E-state index contributed by atoms with van der Waals surface area (Å²) in [6, 6.07) is 3.34. The van der Waals surface area contributed by atoms with Gasteiger partial charge in [-0.3, -0.25) is 19.9 Å². The second kappa shape index (κ2) is 10.0. The van der Waals surface area contributed by atoms with Crippen LogP contribution in [0.25, 0.3) is 11.1 Å². The van der Waals surface area contributed by atoms with Gasteiger partial charge >= 0.3 is 6.18 Å². The number of aryl methyl sites for hydroxylation is 1. The lowest BCUT2D eigenvalue weighted by Gasteiger charge is -2.47. The molecule has 1 saturated carbocycles. The van der Waals surface area contributed by atoms with E-state index < -0.39 is 36.4 Å². The third-order valence-electron chi connectivity index (χ3n) is 7.02. The first-order valence-corrected chi connectivity index (χ1v) is 13.0. The van der Waals surface area contributed by atoms with Crippen LogP contribution in [0.2, 0.25) is 5.15 Å². The highest BCUT2D eigenvalue weighted by Crippen LogP contribution is 2.52. The lowest BCUT2D eigenvalue weighted by molar-refractivity contribution is -0.306. The third kappa shape index (κ3) is 4.94. The maximum atomic E-state index is 13.3. The summed E-state index contributed by atoms with van der Waals surface area (Å²) < 4.78 is 50.0. The second-order valence-corrected chi connectivity index (χ2v) is 10.9. The van der Waals surface area contributed by atoms with Crippen molar-refractivity contribution in [2.75, 3.05) is 19.5 Å². The van der Waals surface area contributed by atoms with Crippen molar-refractivity contribution in [2.45, 2.75) is 44.6 Å². The zero-order valence-corrected chi connectivity index (χ0v) is 22.6. The molecule has 4 heterocycles. The predicted octanol–water partition coefficient (Wildman–Crippen LogP) is 5.02. The molecule has 5 rings (SSSR count). The van der Waals surface area contributed by atoms with Crippen LogP contribution in [0, 0.1) is 12.8 Å². The molecule has 1 aliphatic heterocycles. The molecule has 2 aliphatic rings. The maximum absolute atomic E-state index is 13.3. The van der Waals surface area contributed by atoms with Crippen molar-refractivity contribution in [1.29, 1.82) is 0 Å². The number of fused-ring (bicyclic) bond motifs is 1. The molecule has 3 aromatic heterocycles. The summed E-state index contributed by atoms with van der Waals surface area (Å²) in [5.74, 6) is -1.14. The number of nitrogens with zero attached hydrogens (tertiary/aromatic N) is 4. The number of ether oxygens (including phenoxy) is 2. The second-order valence-electron chi connectivity index (χ2n) is 9.42. The Hall–Kier alpha value is -3.29. The summed E-state index contributed by atoms with van der Waals surface area (Å²) in [5, 5.41) is 3.35. The van der Waals surface area contributed by atoms with E-state index in [1.54, 1.807) is 19.1 Å². The Balaban J connectivity index is 1.28. The highest BCUT2D eigenvalue weighted by Gasteiger charge is 2.64. The number of carbonyl (C=O) groups is 2. The number of nitrogens with one attached hydrogen (secondary N) is 1. The first-order chi connectivity index (χ1) is 18.4. The van der Waals surface area contributed by atoms with Gasteiger partial charge in [0.2, 0.25) is 5.91 Å². The molecular weight excluding hydrogens is 559 g/mol. The lowest BCUT2D eigenvalue weighted by atomic mass is 9.69. The van der Waals surface area contributed by atoms with Crippen molar-refractivity contribution >= 4 is 39.9 Å². The number of thiazole rings is 1. The SMILES string of the molecule is COc1cnc(Cl)cc1-c1cc(C)ncc1C(=O)Nc1nc2c(s1)CN(C(=O)C1CC(OC)(C(F)(F)F)C1)C2. The Morgan fingerprint density at radius 3 is 2.54 bits per heavy atom. The number of aromatic nitrogens is 3. The van der Waals surface area contributed by atoms with E-state index in [0.717, 1.165) is 12.0 Å². The van der Waals surface area contributed by atoms with Gasteiger partial charge in [0, 0.05) is 36.0 Å². The first kappa shape index (κ1) is 27.3. The van der Waals surface area contributed by atoms with Gasteiger partial charge in [-0.15, -0.1) is 0 Å². The smallest absolute Gasteiger partial charge is 0.417 e. The molecular formula is C25H23ClF3N5O4S. The van der Waals surface area contributed by atoms with E-state index in [2.05, 4.69) is 20.3 Å². The summed E-state index contributed by atoms with van der Waals surface area (Å²) in [6.45, 7) is 2.17. The standard InChI is InChI=1S/C25H23ClF3N5O4S/c1-12-4-14(15-5-20(26)31-9-18(15)37-2)16(8-30-12)21(35)33-23-32-17-10-34(11-19(17)39-23)22(36)13-6-24(7-13,38-3)25(27,28)29/h4-5,8-9,13H,6-7,10-11H2,1-3H3,(H,32,33,35). The number of alkyl halides is 3. The minimum atomic E-state index is -4.53. The molecule has 0 saturated heterocycles. The molecule has 14 heteroatoms. The minimum absolute atomic E-state index is 0.160. The normalized spacial score (nSPS) is 20.4. The molecule has 0 bridgehead atoms. The van der Waals surface area contributed by atoms with Crippen LogP contribution in [0.3, 0.4) is 0 Å². The molecule has 0 unspecified atom stereocenters. The third-order valence-corrected chi connectivity index (χ3v) is 8.23. The van der Waals surface area contributed by atoms with Crippen LogP contribution in [0.5, 0.6) is 5.75 Å². The van der Waals surface area contributed by atoms with E-state index in [9.17, 15) is 22.8 Å². The number of methoxy groups -OCH3 is 2. The van der Waals surface area contributed by atoms with Crippen molar-refractivity contribution in [1.82, 2.24) is 19.9 Å². The summed E-state index contributed by atoms with van der Waals surface area (Å²) in [5.41, 5.74) is 0.407. The summed E-state index contributed by atoms with van der Waals surface area (Å²) in [7, 11) is 2.50. The molecule has 1 N–H and O–H groups in total. The van der Waals surface area contributed by atoms with Crippen LogP contribution in [0.15, 0.2) is 24.5 Å². The fourth-order valence-corrected chi connectivity index (χ4v) is 5.99. The predicted molar refractivity (Wildman–Crippen MR) is 137 cm³/mol. The van der Waals surface area contributed by atoms with Gasteiger partial charge in [-0.25, -0.2) is 9.97 Å². The van der Waals surface area contributed by atoms with Crippen molar-refractivity contribution in [3.8, 4) is 16.9 Å².